The molecule has 0 amide bonds. The number of esters is 4. The van der Waals surface area contributed by atoms with E-state index in [0.29, 0.717) is 111 Å². The van der Waals surface area contributed by atoms with Gasteiger partial charge in [-0.1, -0.05) is 194 Å². The molecule has 0 aliphatic rings. The number of hydrogen-bond acceptors (Lipinski definition) is 13. The lowest BCUT2D eigenvalue weighted by Gasteiger charge is -2.18. The van der Waals surface area contributed by atoms with Crippen LogP contribution in [0.1, 0.15) is 74.8 Å². The second-order valence-electron chi connectivity index (χ2n) is 27.2. The van der Waals surface area contributed by atoms with Crippen molar-refractivity contribution < 1.29 is 38.1 Å². The van der Waals surface area contributed by atoms with Crippen molar-refractivity contribution >= 4 is 73.2 Å². The minimum Gasteiger partial charge on any atom is -0.457 e. The standard InChI is InChI=1S/C98H62N8O8/c1-101-77-30-16-28-71(49-77)81-42-40-79(106-90-45-37-75(97(109)113-60-65-21-10-4-11-22-65)52-84(90)85-53-76(38-46-91(85)106)98(110)114-61-66-23-12-5-13-24-66)55-87(81)94-103-92(72-29-15-26-69(48-72)68-33-31-62(56-99)32-34-68)102-93(104-94)86-54-78(39-41-80(86)70-27-14-25-67(47-70)57-100)105-88-43-35-73(95(107)111-58-63-17-6-2-7-18-63)50-82(88)83-51-74(36-44-89(83)105)96(108)112-59-64-19-8-3-9-20-64/h2-55H,58-61H2. The number of fused-ring (bicyclic) bond motifs is 6. The van der Waals surface area contributed by atoms with Crippen LogP contribution in [0.5, 0.6) is 0 Å². The first-order valence-electron chi connectivity index (χ1n) is 36.6. The quantitative estimate of drug-likeness (QED) is 0.0396. The summed E-state index contributed by atoms with van der Waals surface area (Å²) in [5, 5.41) is 22.9. The fourth-order valence-corrected chi connectivity index (χ4v) is 14.4. The van der Waals surface area contributed by atoms with E-state index >= 15 is 0 Å². The second-order valence-corrected chi connectivity index (χ2v) is 27.2. The van der Waals surface area contributed by atoms with Gasteiger partial charge in [-0.05, 0) is 189 Å². The van der Waals surface area contributed by atoms with Crippen LogP contribution in [0.2, 0.25) is 0 Å². The number of benzene rings is 14. The van der Waals surface area contributed by atoms with Crippen LogP contribution in [-0.4, -0.2) is 48.0 Å². The maximum absolute atomic E-state index is 14.2. The zero-order valence-electron chi connectivity index (χ0n) is 60.8. The predicted octanol–water partition coefficient (Wildman–Crippen LogP) is 21.8. The number of rotatable bonds is 20. The Kier molecular flexibility index (Phi) is 19.5. The van der Waals surface area contributed by atoms with E-state index in [0.717, 1.165) is 33.4 Å². The molecule has 3 heterocycles. The summed E-state index contributed by atoms with van der Waals surface area (Å²) in [5.41, 5.74) is 15.6. The fraction of sp³-hybridized carbons (Fsp3) is 0.0408. The van der Waals surface area contributed by atoms with Gasteiger partial charge in [0.05, 0.1) is 74.2 Å². The van der Waals surface area contributed by atoms with Crippen molar-refractivity contribution in [3.8, 4) is 91.1 Å². The first-order chi connectivity index (χ1) is 56.0. The van der Waals surface area contributed by atoms with E-state index in [1.807, 2.05) is 255 Å². The largest absolute Gasteiger partial charge is 0.457 e. The number of hydrogen-bond donors (Lipinski definition) is 0. The van der Waals surface area contributed by atoms with Crippen molar-refractivity contribution in [2.75, 3.05) is 0 Å². The van der Waals surface area contributed by atoms with Gasteiger partial charge >= 0.3 is 23.9 Å². The van der Waals surface area contributed by atoms with Crippen molar-refractivity contribution in [3.05, 3.63) is 395 Å². The van der Waals surface area contributed by atoms with Gasteiger partial charge in [0.1, 0.15) is 26.4 Å². The van der Waals surface area contributed by atoms with E-state index in [1.165, 1.54) is 0 Å². The molecule has 542 valence electrons. The zero-order chi connectivity index (χ0) is 77.6. The number of aromatic nitrogens is 5. The average Bonchev–Trinajstić information content (AvgIpc) is 1.56. The third-order valence-corrected chi connectivity index (χ3v) is 20.0. The normalized spacial score (nSPS) is 11.1. The molecular weight excluding hydrogens is 1420 g/mol. The first kappa shape index (κ1) is 71.0. The van der Waals surface area contributed by atoms with Gasteiger partial charge in [0.2, 0.25) is 0 Å². The van der Waals surface area contributed by atoms with E-state index in [1.54, 1.807) is 72.8 Å². The molecule has 0 bridgehead atoms. The van der Waals surface area contributed by atoms with Gasteiger partial charge in [-0.25, -0.2) is 39.0 Å². The lowest BCUT2D eigenvalue weighted by molar-refractivity contribution is 0.0464. The Morgan fingerprint density at radius 2 is 0.667 bits per heavy atom. The zero-order valence-corrected chi connectivity index (χ0v) is 60.8. The molecule has 16 heteroatoms. The molecule has 0 saturated carbocycles. The highest BCUT2D eigenvalue weighted by Gasteiger charge is 2.26. The maximum atomic E-state index is 14.2. The van der Waals surface area contributed by atoms with E-state index in [2.05, 4.69) is 26.1 Å². The minimum absolute atomic E-state index is 0.0471. The van der Waals surface area contributed by atoms with Crippen molar-refractivity contribution in [1.82, 2.24) is 24.1 Å². The predicted molar refractivity (Wildman–Crippen MR) is 439 cm³/mol. The van der Waals surface area contributed by atoms with Crippen molar-refractivity contribution in [1.29, 1.82) is 10.5 Å². The highest BCUT2D eigenvalue weighted by molar-refractivity contribution is 6.15. The third kappa shape index (κ3) is 14.6. The van der Waals surface area contributed by atoms with E-state index in [-0.39, 0.29) is 66.2 Å². The SMILES string of the molecule is [C-]#[N+]c1cccc(-c2ccc(-n3c4ccc(C(=O)OCc5ccccc5)cc4c4cc(C(=O)OCc5ccccc5)ccc43)cc2-c2nc(-c3cccc(-c4ccc(C#N)cc4)c3)nc(-c3cc(-n4c5ccc(C(=O)OCc6ccccc6)cc5c5cc(C(=O)OCc6ccccc6)ccc54)ccc3-c3cccc(C#N)c3)n2)c1. The van der Waals surface area contributed by atoms with Crippen LogP contribution < -0.4 is 0 Å². The molecule has 17 rings (SSSR count). The van der Waals surface area contributed by atoms with Crippen LogP contribution in [0.25, 0.3) is 127 Å². The molecule has 0 radical (unpaired) electrons. The summed E-state index contributed by atoms with van der Waals surface area (Å²) in [6, 6.07) is 105. The summed E-state index contributed by atoms with van der Waals surface area (Å²) in [6.45, 7) is 8.42. The van der Waals surface area contributed by atoms with Gasteiger partial charge in [0, 0.05) is 49.6 Å². The molecule has 114 heavy (non-hydrogen) atoms. The molecule has 17 aromatic rings. The third-order valence-electron chi connectivity index (χ3n) is 20.0. The number of nitriles is 2. The van der Waals surface area contributed by atoms with Gasteiger partial charge in [0.15, 0.2) is 23.2 Å². The molecule has 0 aliphatic carbocycles. The molecule has 16 nitrogen and oxygen atoms in total. The van der Waals surface area contributed by atoms with E-state index in [4.69, 9.17) is 40.5 Å². The van der Waals surface area contributed by atoms with Gasteiger partial charge in [-0.15, -0.1) is 0 Å². The van der Waals surface area contributed by atoms with Gasteiger partial charge in [-0.2, -0.15) is 10.5 Å². The van der Waals surface area contributed by atoms with Crippen LogP contribution >= 0.6 is 0 Å². The summed E-state index contributed by atoms with van der Waals surface area (Å²) < 4.78 is 27.7. The maximum Gasteiger partial charge on any atom is 0.338 e. The van der Waals surface area contributed by atoms with E-state index in [9.17, 15) is 29.7 Å². The Morgan fingerprint density at radius 3 is 1.06 bits per heavy atom. The molecule has 0 N–H and O–H groups in total. The second kappa shape index (κ2) is 31.3. The molecule has 0 unspecified atom stereocenters. The minimum atomic E-state index is -0.543. The highest BCUT2D eigenvalue weighted by atomic mass is 16.5. The molecule has 0 aliphatic heterocycles. The summed E-state index contributed by atoms with van der Waals surface area (Å²) >= 11 is 0. The van der Waals surface area contributed by atoms with E-state index < -0.39 is 23.9 Å². The number of nitrogens with zero attached hydrogens (tertiary/aromatic N) is 8. The molecule has 14 aromatic carbocycles. The average molecular weight is 1480 g/mol. The Labute approximate surface area is 654 Å². The molecule has 0 fully saturated rings. The smallest absolute Gasteiger partial charge is 0.338 e. The van der Waals surface area contributed by atoms with Crippen LogP contribution in [0.4, 0.5) is 5.69 Å². The molecule has 3 aromatic heterocycles. The van der Waals surface area contributed by atoms with Crippen LogP contribution in [0.3, 0.4) is 0 Å². The molecule has 0 spiro atoms. The van der Waals surface area contributed by atoms with Crippen molar-refractivity contribution in [2.24, 2.45) is 0 Å². The Morgan fingerprint density at radius 1 is 0.307 bits per heavy atom. The van der Waals surface area contributed by atoms with Crippen LogP contribution in [-0.2, 0) is 45.4 Å². The van der Waals surface area contributed by atoms with Crippen molar-refractivity contribution in [2.45, 2.75) is 26.4 Å². The number of carbonyl (C=O) groups excluding carboxylic acids is 4. The monoisotopic (exact) mass is 1480 g/mol. The van der Waals surface area contributed by atoms with Gasteiger partial charge < -0.3 is 28.1 Å². The topological polar surface area (TPSA) is 206 Å². The fourth-order valence-electron chi connectivity index (χ4n) is 14.4. The van der Waals surface area contributed by atoms with Crippen LogP contribution in [0, 0.1) is 29.2 Å². The summed E-state index contributed by atoms with van der Waals surface area (Å²) in [4.78, 5) is 77.1. The van der Waals surface area contributed by atoms with Gasteiger partial charge in [0.25, 0.3) is 0 Å². The first-order valence-corrected chi connectivity index (χ1v) is 36.6. The highest BCUT2D eigenvalue weighted by Crippen LogP contribution is 2.43. The number of carbonyl (C=O) groups is 4. The molecular formula is C98H62N8O8. The summed E-state index contributed by atoms with van der Waals surface area (Å²) in [7, 11) is 0. The lowest BCUT2D eigenvalue weighted by Crippen LogP contribution is -2.05. The Balaban J connectivity index is 0.881. The summed E-state index contributed by atoms with van der Waals surface area (Å²) in [5.74, 6) is -1.47. The van der Waals surface area contributed by atoms with Crippen LogP contribution in [0.15, 0.2) is 328 Å². The Bertz CT molecular complexity index is 6220. The summed E-state index contributed by atoms with van der Waals surface area (Å²) in [6.07, 6.45) is 0. The van der Waals surface area contributed by atoms with Crippen molar-refractivity contribution in [3.63, 3.8) is 0 Å². The number of ether oxygens (including phenoxy) is 4. The lowest BCUT2D eigenvalue weighted by atomic mass is 9.96. The molecule has 0 atom stereocenters. The molecule has 0 saturated heterocycles. The van der Waals surface area contributed by atoms with Gasteiger partial charge in [-0.3, -0.25) is 0 Å². The Hall–Kier alpha value is -16.0.